The van der Waals surface area contributed by atoms with Crippen LogP contribution in [0.3, 0.4) is 0 Å². The quantitative estimate of drug-likeness (QED) is 0.641. The largest absolute Gasteiger partial charge is 0.497 e. The Morgan fingerprint density at radius 2 is 1.95 bits per heavy atom. The lowest BCUT2D eigenvalue weighted by Crippen LogP contribution is -2.08. The molecule has 2 aromatic rings. The van der Waals surface area contributed by atoms with Crippen LogP contribution in [-0.4, -0.2) is 16.7 Å². The molecule has 0 saturated heterocycles. The molecule has 0 atom stereocenters. The first-order valence-corrected chi connectivity index (χ1v) is 7.48. The molecule has 1 heterocycles. The summed E-state index contributed by atoms with van der Waals surface area (Å²) in [6.45, 7) is 0. The van der Waals surface area contributed by atoms with Crippen LogP contribution in [-0.2, 0) is 0 Å². The van der Waals surface area contributed by atoms with Gasteiger partial charge >= 0.3 is 0 Å². The minimum Gasteiger partial charge on any atom is -0.497 e. The Labute approximate surface area is 118 Å². The highest BCUT2D eigenvalue weighted by atomic mass is 32.1. The number of benzene rings is 1. The minimum absolute atomic E-state index is 0.553. The fourth-order valence-corrected chi connectivity index (χ4v) is 3.47. The van der Waals surface area contributed by atoms with Gasteiger partial charge in [-0.25, -0.2) is 0 Å². The summed E-state index contributed by atoms with van der Waals surface area (Å²) in [6, 6.07) is 6.71. The van der Waals surface area contributed by atoms with Crippen molar-refractivity contribution in [1.82, 2.24) is 9.55 Å². The molecule has 1 aromatic carbocycles. The summed E-state index contributed by atoms with van der Waals surface area (Å²) in [4.78, 5) is 3.32. The van der Waals surface area contributed by atoms with E-state index in [9.17, 15) is 0 Å². The molecule has 1 aliphatic rings. The lowest BCUT2D eigenvalue weighted by atomic mass is 10.1. The molecule has 0 aliphatic heterocycles. The third kappa shape index (κ3) is 2.41. The van der Waals surface area contributed by atoms with Crippen molar-refractivity contribution >= 4 is 23.3 Å². The van der Waals surface area contributed by atoms with Gasteiger partial charge in [0.05, 0.1) is 18.1 Å². The molecule has 3 rings (SSSR count). The highest BCUT2D eigenvalue weighted by Crippen LogP contribution is 2.31. The van der Waals surface area contributed by atoms with Crippen LogP contribution in [0.15, 0.2) is 18.2 Å². The van der Waals surface area contributed by atoms with Crippen LogP contribution >= 0.6 is 12.2 Å². The van der Waals surface area contributed by atoms with E-state index in [1.807, 2.05) is 12.1 Å². The number of imidazole rings is 1. The summed E-state index contributed by atoms with van der Waals surface area (Å²) in [7, 11) is 1.69. The molecule has 0 spiro atoms. The van der Waals surface area contributed by atoms with E-state index in [1.54, 1.807) is 7.11 Å². The fraction of sp³-hybridized carbons (Fsp3) is 0.533. The van der Waals surface area contributed by atoms with Gasteiger partial charge in [-0.3, -0.25) is 0 Å². The maximum atomic E-state index is 5.52. The SMILES string of the molecule is COc1ccc2c(c1)[nH]c(=S)n2C1CCCCCC1. The highest BCUT2D eigenvalue weighted by molar-refractivity contribution is 7.71. The van der Waals surface area contributed by atoms with Crippen molar-refractivity contribution in [2.24, 2.45) is 0 Å². The van der Waals surface area contributed by atoms with Gasteiger partial charge in [0.15, 0.2) is 4.77 Å². The van der Waals surface area contributed by atoms with Crippen molar-refractivity contribution in [2.45, 2.75) is 44.6 Å². The number of H-pyrrole nitrogens is 1. The van der Waals surface area contributed by atoms with Gasteiger partial charge in [0.1, 0.15) is 5.75 Å². The first kappa shape index (κ1) is 12.7. The van der Waals surface area contributed by atoms with Gasteiger partial charge in [-0.2, -0.15) is 0 Å². The maximum absolute atomic E-state index is 5.52. The standard InChI is InChI=1S/C15H20N2OS/c1-18-12-8-9-14-13(10-12)16-15(19)17(14)11-6-4-2-3-5-7-11/h8-11H,2-7H2,1H3,(H,16,19). The number of fused-ring (bicyclic) bond motifs is 1. The molecule has 1 aromatic heterocycles. The molecule has 1 fully saturated rings. The third-order valence-electron chi connectivity index (χ3n) is 4.11. The minimum atomic E-state index is 0.553. The molecule has 3 nitrogen and oxygen atoms in total. The van der Waals surface area contributed by atoms with Crippen molar-refractivity contribution in [1.29, 1.82) is 0 Å². The number of nitrogens with zero attached hydrogens (tertiary/aromatic N) is 1. The van der Waals surface area contributed by atoms with E-state index >= 15 is 0 Å². The fourth-order valence-electron chi connectivity index (χ4n) is 3.12. The Hall–Kier alpha value is -1.29. The molecule has 0 amide bonds. The lowest BCUT2D eigenvalue weighted by Gasteiger charge is -2.17. The molecule has 0 unspecified atom stereocenters. The van der Waals surface area contributed by atoms with E-state index in [0.29, 0.717) is 6.04 Å². The van der Waals surface area contributed by atoms with E-state index < -0.39 is 0 Å². The topological polar surface area (TPSA) is 29.9 Å². The zero-order valence-corrected chi connectivity index (χ0v) is 12.1. The number of aromatic nitrogens is 2. The number of aromatic amines is 1. The van der Waals surface area contributed by atoms with E-state index in [1.165, 1.54) is 44.0 Å². The molecule has 19 heavy (non-hydrogen) atoms. The summed E-state index contributed by atoms with van der Waals surface area (Å²) in [6.07, 6.45) is 7.84. The summed E-state index contributed by atoms with van der Waals surface area (Å²) in [5.74, 6) is 0.872. The summed E-state index contributed by atoms with van der Waals surface area (Å²) >= 11 is 5.52. The van der Waals surface area contributed by atoms with Crippen LogP contribution in [0.1, 0.15) is 44.6 Å². The normalized spacial score (nSPS) is 17.5. The van der Waals surface area contributed by atoms with Crippen molar-refractivity contribution in [3.63, 3.8) is 0 Å². The number of hydrogen-bond donors (Lipinski definition) is 1. The second kappa shape index (κ2) is 5.37. The predicted octanol–water partition coefficient (Wildman–Crippen LogP) is 4.60. The lowest BCUT2D eigenvalue weighted by molar-refractivity contribution is 0.415. The molecule has 0 bridgehead atoms. The van der Waals surface area contributed by atoms with Gasteiger partial charge < -0.3 is 14.3 Å². The Morgan fingerprint density at radius 3 is 2.63 bits per heavy atom. The monoisotopic (exact) mass is 276 g/mol. The molecule has 4 heteroatoms. The predicted molar refractivity (Wildman–Crippen MR) is 80.4 cm³/mol. The van der Waals surface area contributed by atoms with Gasteiger partial charge in [0.2, 0.25) is 0 Å². The number of hydrogen-bond acceptors (Lipinski definition) is 2. The smallest absolute Gasteiger partial charge is 0.178 e. The van der Waals surface area contributed by atoms with E-state index in [2.05, 4.69) is 15.6 Å². The average molecular weight is 276 g/mol. The molecular formula is C15H20N2OS. The van der Waals surface area contributed by atoms with Crippen LogP contribution < -0.4 is 4.74 Å². The van der Waals surface area contributed by atoms with Crippen LogP contribution in [0.2, 0.25) is 0 Å². The first-order valence-electron chi connectivity index (χ1n) is 7.08. The molecule has 0 radical (unpaired) electrons. The number of ether oxygens (including phenoxy) is 1. The third-order valence-corrected chi connectivity index (χ3v) is 4.41. The van der Waals surface area contributed by atoms with E-state index in [0.717, 1.165) is 16.0 Å². The van der Waals surface area contributed by atoms with Crippen LogP contribution in [0, 0.1) is 4.77 Å². The Kier molecular flexibility index (Phi) is 3.60. The molecule has 1 N–H and O–H groups in total. The zero-order chi connectivity index (χ0) is 13.2. The number of methoxy groups -OCH3 is 1. The number of nitrogens with one attached hydrogen (secondary N) is 1. The van der Waals surface area contributed by atoms with Crippen LogP contribution in [0.4, 0.5) is 0 Å². The van der Waals surface area contributed by atoms with Gasteiger partial charge in [0, 0.05) is 12.1 Å². The Balaban J connectivity index is 2.07. The highest BCUT2D eigenvalue weighted by Gasteiger charge is 2.17. The molecule has 1 aliphatic carbocycles. The van der Waals surface area contributed by atoms with E-state index in [-0.39, 0.29) is 0 Å². The van der Waals surface area contributed by atoms with Gasteiger partial charge in [-0.05, 0) is 37.2 Å². The van der Waals surface area contributed by atoms with Crippen LogP contribution in [0.25, 0.3) is 11.0 Å². The van der Waals surface area contributed by atoms with Gasteiger partial charge in [0.25, 0.3) is 0 Å². The second-order valence-electron chi connectivity index (χ2n) is 5.33. The Bertz CT molecular complexity index is 621. The number of rotatable bonds is 2. The molecular weight excluding hydrogens is 256 g/mol. The molecule has 102 valence electrons. The van der Waals surface area contributed by atoms with Crippen LogP contribution in [0.5, 0.6) is 5.75 Å². The van der Waals surface area contributed by atoms with Gasteiger partial charge in [-0.1, -0.05) is 25.7 Å². The van der Waals surface area contributed by atoms with Crippen molar-refractivity contribution in [2.75, 3.05) is 7.11 Å². The summed E-state index contributed by atoms with van der Waals surface area (Å²) in [5, 5.41) is 0. The van der Waals surface area contributed by atoms with Crippen molar-refractivity contribution in [3.05, 3.63) is 23.0 Å². The average Bonchev–Trinajstić information content (AvgIpc) is 2.61. The second-order valence-corrected chi connectivity index (χ2v) is 5.72. The first-order chi connectivity index (χ1) is 9.29. The Morgan fingerprint density at radius 1 is 1.21 bits per heavy atom. The van der Waals surface area contributed by atoms with Gasteiger partial charge in [-0.15, -0.1) is 0 Å². The van der Waals surface area contributed by atoms with Crippen molar-refractivity contribution < 1.29 is 4.74 Å². The maximum Gasteiger partial charge on any atom is 0.178 e. The van der Waals surface area contributed by atoms with E-state index in [4.69, 9.17) is 17.0 Å². The van der Waals surface area contributed by atoms with Crippen molar-refractivity contribution in [3.8, 4) is 5.75 Å². The summed E-state index contributed by atoms with van der Waals surface area (Å²) in [5.41, 5.74) is 2.28. The molecule has 1 saturated carbocycles. The zero-order valence-electron chi connectivity index (χ0n) is 11.3. The summed E-state index contributed by atoms with van der Waals surface area (Å²) < 4.78 is 8.43.